The number of hydrogen-bond acceptors (Lipinski definition) is 3. The Morgan fingerprint density at radius 1 is 1.20 bits per heavy atom. The normalized spacial score (nSPS) is 24.0. The van der Waals surface area contributed by atoms with Crippen LogP contribution in [0.15, 0.2) is 12.1 Å². The van der Waals surface area contributed by atoms with Crippen LogP contribution in [0.4, 0.5) is 0 Å². The molecular formula is C12H15NO2. The summed E-state index contributed by atoms with van der Waals surface area (Å²) in [5.74, 6) is 1.81. The Balaban J connectivity index is 2.04. The Morgan fingerprint density at radius 3 is 2.60 bits per heavy atom. The van der Waals surface area contributed by atoms with E-state index in [0.29, 0.717) is 12.8 Å². The molecule has 3 nitrogen and oxygen atoms in total. The van der Waals surface area contributed by atoms with Crippen LogP contribution in [0.25, 0.3) is 0 Å². The summed E-state index contributed by atoms with van der Waals surface area (Å²) in [5, 5.41) is 0. The first-order valence-electron chi connectivity index (χ1n) is 5.35. The van der Waals surface area contributed by atoms with Crippen LogP contribution in [0.2, 0.25) is 0 Å². The zero-order valence-corrected chi connectivity index (χ0v) is 9.12. The molecule has 1 atom stereocenters. The molecule has 0 spiro atoms. The van der Waals surface area contributed by atoms with E-state index in [1.807, 2.05) is 0 Å². The fourth-order valence-corrected chi connectivity index (χ4v) is 2.26. The van der Waals surface area contributed by atoms with E-state index in [1.54, 1.807) is 0 Å². The minimum absolute atomic E-state index is 0.365. The molecular weight excluding hydrogens is 190 g/mol. The minimum Gasteiger partial charge on any atom is -0.454 e. The fraction of sp³-hybridized carbons (Fsp3) is 0.500. The molecule has 0 aliphatic carbocycles. The molecule has 0 radical (unpaired) electrons. The van der Waals surface area contributed by atoms with Gasteiger partial charge in [-0.15, -0.1) is 0 Å². The molecule has 0 saturated carbocycles. The average Bonchev–Trinajstić information content (AvgIpc) is 2.63. The first-order valence-corrected chi connectivity index (χ1v) is 5.35. The lowest BCUT2D eigenvalue weighted by Gasteiger charge is -2.31. The van der Waals surface area contributed by atoms with Crippen LogP contribution in [0, 0.1) is 0 Å². The van der Waals surface area contributed by atoms with Gasteiger partial charge in [-0.05, 0) is 43.7 Å². The van der Waals surface area contributed by atoms with Gasteiger partial charge in [0.15, 0.2) is 11.5 Å². The molecule has 2 aliphatic rings. The lowest BCUT2D eigenvalue weighted by atomic mass is 9.95. The first-order chi connectivity index (χ1) is 7.24. The van der Waals surface area contributed by atoms with Crippen molar-refractivity contribution in [1.82, 2.24) is 4.90 Å². The molecule has 2 heterocycles. The Bertz CT molecular complexity index is 366. The zero-order valence-electron chi connectivity index (χ0n) is 9.12. The molecule has 15 heavy (non-hydrogen) atoms. The van der Waals surface area contributed by atoms with Gasteiger partial charge < -0.3 is 9.47 Å². The standard InChI is InChI=1S/C12H15NO2/c1-8-3-9-4-11-12(15-7-14-11)5-10(9)6-13(8)2/h4-5,8H,3,6-7H2,1-2H3. The topological polar surface area (TPSA) is 21.7 Å². The number of nitrogens with zero attached hydrogens (tertiary/aromatic N) is 1. The van der Waals surface area contributed by atoms with Gasteiger partial charge in [0.25, 0.3) is 0 Å². The summed E-state index contributed by atoms with van der Waals surface area (Å²) in [6, 6.07) is 4.87. The fourth-order valence-electron chi connectivity index (χ4n) is 2.26. The number of hydrogen-bond donors (Lipinski definition) is 0. The lowest BCUT2D eigenvalue weighted by molar-refractivity contribution is 0.174. The molecule has 0 saturated heterocycles. The molecule has 0 aromatic heterocycles. The van der Waals surface area contributed by atoms with Crippen molar-refractivity contribution in [2.24, 2.45) is 0 Å². The second-order valence-corrected chi connectivity index (χ2v) is 4.44. The summed E-state index contributed by atoms with van der Waals surface area (Å²) in [6.45, 7) is 3.63. The minimum atomic E-state index is 0.365. The van der Waals surface area contributed by atoms with Crippen molar-refractivity contribution < 1.29 is 9.47 Å². The molecule has 3 heteroatoms. The highest BCUT2D eigenvalue weighted by atomic mass is 16.7. The van der Waals surface area contributed by atoms with Crippen LogP contribution in [0.5, 0.6) is 11.5 Å². The van der Waals surface area contributed by atoms with Gasteiger partial charge in [-0.2, -0.15) is 0 Å². The molecule has 0 amide bonds. The molecule has 3 rings (SSSR count). The molecule has 1 unspecified atom stereocenters. The van der Waals surface area contributed by atoms with E-state index in [9.17, 15) is 0 Å². The van der Waals surface area contributed by atoms with Crippen molar-refractivity contribution in [2.45, 2.75) is 25.9 Å². The van der Waals surface area contributed by atoms with E-state index in [2.05, 4.69) is 31.0 Å². The van der Waals surface area contributed by atoms with Crippen molar-refractivity contribution in [3.05, 3.63) is 23.3 Å². The summed E-state index contributed by atoms with van der Waals surface area (Å²) in [7, 11) is 2.16. The maximum atomic E-state index is 5.39. The van der Waals surface area contributed by atoms with Crippen LogP contribution >= 0.6 is 0 Å². The largest absolute Gasteiger partial charge is 0.454 e. The van der Waals surface area contributed by atoms with Gasteiger partial charge in [0.05, 0.1) is 0 Å². The summed E-state index contributed by atoms with van der Waals surface area (Å²) in [6.07, 6.45) is 1.10. The van der Waals surface area contributed by atoms with Crippen LogP contribution in [-0.2, 0) is 13.0 Å². The molecule has 1 aromatic carbocycles. The number of rotatable bonds is 0. The van der Waals surface area contributed by atoms with Crippen LogP contribution < -0.4 is 9.47 Å². The van der Waals surface area contributed by atoms with E-state index in [0.717, 1.165) is 24.5 Å². The van der Waals surface area contributed by atoms with Crippen molar-refractivity contribution >= 4 is 0 Å². The van der Waals surface area contributed by atoms with Gasteiger partial charge in [-0.1, -0.05) is 0 Å². The third kappa shape index (κ3) is 1.38. The summed E-state index contributed by atoms with van der Waals surface area (Å²) >= 11 is 0. The summed E-state index contributed by atoms with van der Waals surface area (Å²) in [5.41, 5.74) is 2.78. The van der Waals surface area contributed by atoms with Gasteiger partial charge in [0, 0.05) is 12.6 Å². The third-order valence-corrected chi connectivity index (χ3v) is 3.38. The number of likely N-dealkylation sites (N-methyl/N-ethyl adjacent to an activating group) is 1. The van der Waals surface area contributed by atoms with Gasteiger partial charge in [0.1, 0.15) is 0 Å². The highest BCUT2D eigenvalue weighted by Crippen LogP contribution is 2.37. The van der Waals surface area contributed by atoms with E-state index in [1.165, 1.54) is 11.1 Å². The third-order valence-electron chi connectivity index (χ3n) is 3.38. The highest BCUT2D eigenvalue weighted by Gasteiger charge is 2.24. The summed E-state index contributed by atoms with van der Waals surface area (Å²) < 4.78 is 10.8. The number of benzene rings is 1. The van der Waals surface area contributed by atoms with E-state index in [-0.39, 0.29) is 0 Å². The number of ether oxygens (including phenoxy) is 2. The summed E-state index contributed by atoms with van der Waals surface area (Å²) in [4.78, 5) is 2.37. The maximum absolute atomic E-state index is 5.39. The van der Waals surface area contributed by atoms with Gasteiger partial charge in [-0.3, -0.25) is 4.90 Å². The van der Waals surface area contributed by atoms with Crippen molar-refractivity contribution in [2.75, 3.05) is 13.8 Å². The molecule has 1 aromatic rings. The van der Waals surface area contributed by atoms with E-state index >= 15 is 0 Å². The Morgan fingerprint density at radius 2 is 1.87 bits per heavy atom. The number of fused-ring (bicyclic) bond motifs is 2. The molecule has 0 fully saturated rings. The predicted octanol–water partition coefficient (Wildman–Crippen LogP) is 1.79. The zero-order chi connectivity index (χ0) is 10.4. The Kier molecular flexibility index (Phi) is 1.89. The maximum Gasteiger partial charge on any atom is 0.231 e. The SMILES string of the molecule is CC1Cc2cc3c(cc2CN1C)OCO3. The molecule has 0 N–H and O–H groups in total. The van der Waals surface area contributed by atoms with Crippen molar-refractivity contribution in [1.29, 1.82) is 0 Å². The molecule has 80 valence electrons. The Labute approximate surface area is 89.6 Å². The molecule has 2 aliphatic heterocycles. The Hall–Kier alpha value is -1.22. The van der Waals surface area contributed by atoms with Crippen molar-refractivity contribution in [3.8, 4) is 11.5 Å². The smallest absolute Gasteiger partial charge is 0.231 e. The second-order valence-electron chi connectivity index (χ2n) is 4.44. The molecule has 0 bridgehead atoms. The van der Waals surface area contributed by atoms with Crippen molar-refractivity contribution in [3.63, 3.8) is 0 Å². The first kappa shape index (κ1) is 9.04. The highest BCUT2D eigenvalue weighted by molar-refractivity contribution is 5.49. The van der Waals surface area contributed by atoms with Gasteiger partial charge in [0.2, 0.25) is 6.79 Å². The predicted molar refractivity (Wildman–Crippen MR) is 57.2 cm³/mol. The van der Waals surface area contributed by atoms with Crippen LogP contribution in [-0.4, -0.2) is 24.8 Å². The van der Waals surface area contributed by atoms with Crippen LogP contribution in [0.3, 0.4) is 0 Å². The van der Waals surface area contributed by atoms with Crippen LogP contribution in [0.1, 0.15) is 18.1 Å². The quantitative estimate of drug-likeness (QED) is 0.644. The second kappa shape index (κ2) is 3.14. The van der Waals surface area contributed by atoms with Gasteiger partial charge >= 0.3 is 0 Å². The average molecular weight is 205 g/mol. The van der Waals surface area contributed by atoms with Gasteiger partial charge in [-0.25, -0.2) is 0 Å². The van der Waals surface area contributed by atoms with E-state index < -0.39 is 0 Å². The van der Waals surface area contributed by atoms with E-state index in [4.69, 9.17) is 9.47 Å². The monoisotopic (exact) mass is 205 g/mol. The lowest BCUT2D eigenvalue weighted by Crippen LogP contribution is -2.34.